The second-order valence-corrected chi connectivity index (χ2v) is 9.10. The second kappa shape index (κ2) is 11.9. The van der Waals surface area contributed by atoms with Crippen LogP contribution in [0.5, 0.6) is 11.5 Å². The highest BCUT2D eigenvalue weighted by Crippen LogP contribution is 2.49. The molecule has 1 aliphatic carbocycles. The summed E-state index contributed by atoms with van der Waals surface area (Å²) < 4.78 is 17.4. The predicted molar refractivity (Wildman–Crippen MR) is 135 cm³/mol. The maximum atomic E-state index is 11.5. The van der Waals surface area contributed by atoms with Crippen LogP contribution in [0.25, 0.3) is 11.8 Å². The largest absolute Gasteiger partial charge is 0.507 e. The molecule has 1 aromatic carbocycles. The van der Waals surface area contributed by atoms with E-state index < -0.39 is 36.7 Å². The Labute approximate surface area is 210 Å². The fourth-order valence-electron chi connectivity index (χ4n) is 4.68. The van der Waals surface area contributed by atoms with Gasteiger partial charge in [-0.3, -0.25) is 4.79 Å². The van der Waals surface area contributed by atoms with Crippen molar-refractivity contribution in [2.45, 2.75) is 69.9 Å². The van der Waals surface area contributed by atoms with E-state index in [1.54, 1.807) is 32.1 Å². The minimum Gasteiger partial charge on any atom is -0.507 e. The zero-order valence-corrected chi connectivity index (χ0v) is 20.8. The number of aldehydes is 1. The fraction of sp³-hybridized carbons (Fsp3) is 0.444. The molecule has 1 aliphatic heterocycles. The quantitative estimate of drug-likeness (QED) is 0.119. The van der Waals surface area contributed by atoms with Crippen molar-refractivity contribution in [1.82, 2.24) is 0 Å². The maximum Gasteiger partial charge on any atom is 0.160 e. The zero-order chi connectivity index (χ0) is 26.6. The minimum atomic E-state index is -0.833. The molecule has 3 rings (SSSR count). The number of carbonyl (C=O) groups excluding carboxylic acids is 1. The molecule has 0 spiro atoms. The molecule has 9 nitrogen and oxygen atoms in total. The van der Waals surface area contributed by atoms with Gasteiger partial charge in [0, 0.05) is 42.0 Å². The molecule has 0 amide bonds. The van der Waals surface area contributed by atoms with Crippen molar-refractivity contribution in [1.29, 1.82) is 0 Å². The van der Waals surface area contributed by atoms with Crippen molar-refractivity contribution in [3.63, 3.8) is 0 Å². The first-order valence-electron chi connectivity index (χ1n) is 11.8. The van der Waals surface area contributed by atoms with Crippen molar-refractivity contribution >= 4 is 18.1 Å². The lowest BCUT2D eigenvalue weighted by atomic mass is 9.82. The number of hydrogen-bond donors (Lipinski definition) is 5. The summed E-state index contributed by atoms with van der Waals surface area (Å²) in [6, 6.07) is -0.557. The molecule has 6 N–H and O–H groups in total. The number of nitrogens with two attached hydrogens (primary N) is 1. The van der Waals surface area contributed by atoms with E-state index in [4.69, 9.17) is 19.9 Å². The van der Waals surface area contributed by atoms with Gasteiger partial charge in [-0.2, -0.15) is 0 Å². The summed E-state index contributed by atoms with van der Waals surface area (Å²) in [7, 11) is 1.43. The Morgan fingerprint density at radius 1 is 1.19 bits per heavy atom. The third kappa shape index (κ3) is 5.71. The van der Waals surface area contributed by atoms with Gasteiger partial charge < -0.3 is 40.4 Å². The predicted octanol–water partition coefficient (Wildman–Crippen LogP) is 2.62. The van der Waals surface area contributed by atoms with Gasteiger partial charge in [-0.25, -0.2) is 0 Å². The number of aliphatic hydroxyl groups excluding tert-OH is 2. The third-order valence-electron chi connectivity index (χ3n) is 6.55. The molecule has 0 radical (unpaired) electrons. The van der Waals surface area contributed by atoms with E-state index in [0.717, 1.165) is 0 Å². The van der Waals surface area contributed by atoms with Crippen LogP contribution in [-0.2, 0) is 25.4 Å². The number of allylic oxidation sites excluding steroid dienone is 5. The van der Waals surface area contributed by atoms with E-state index in [0.29, 0.717) is 23.0 Å². The number of rotatable bonds is 8. The van der Waals surface area contributed by atoms with Crippen molar-refractivity contribution < 1.29 is 39.4 Å². The van der Waals surface area contributed by atoms with Crippen LogP contribution < -0.4 is 5.73 Å². The summed E-state index contributed by atoms with van der Waals surface area (Å²) in [5, 5.41) is 43.2. The lowest BCUT2D eigenvalue weighted by Crippen LogP contribution is -2.52. The summed E-state index contributed by atoms with van der Waals surface area (Å²) in [6.45, 7) is 7.23. The second-order valence-electron chi connectivity index (χ2n) is 9.10. The normalized spacial score (nSPS) is 29.2. The molecule has 1 saturated heterocycles. The number of carbonyl (C=O) groups is 1. The first-order chi connectivity index (χ1) is 17.1. The highest BCUT2D eigenvalue weighted by Gasteiger charge is 2.39. The standard InChI is InChI=1S/C27H35NO8/c1-5-17-23(20(34-4)8-6-7-14(2)9-10-29)27(33)24-18(26(17)32)11-16(30)12-21(24)36-22-13-19(28)25(31)15(3)35-22/h5-10,15-16,19,21-22,25,30-33H,1,11-13,28H2,2-4H3/b7-6-,14-9+,20-8+/t15?,16-,19?,21-,22?,25?/m0/s1. The molecular weight excluding hydrogens is 466 g/mol. The van der Waals surface area contributed by atoms with Crippen molar-refractivity contribution in [2.75, 3.05) is 7.11 Å². The Bertz CT molecular complexity index is 1060. The van der Waals surface area contributed by atoms with E-state index in [1.165, 1.54) is 19.3 Å². The molecule has 0 saturated carbocycles. The summed E-state index contributed by atoms with van der Waals surface area (Å²) in [6.07, 6.45) is 5.09. The molecule has 2 aliphatic rings. The van der Waals surface area contributed by atoms with E-state index >= 15 is 0 Å². The molecule has 1 heterocycles. The number of ether oxygens (including phenoxy) is 3. The van der Waals surface area contributed by atoms with E-state index in [-0.39, 0.29) is 47.6 Å². The number of methoxy groups -OCH3 is 1. The number of phenolic OH excluding ortho intramolecular Hbond substituents is 2. The Balaban J connectivity index is 2.09. The molecule has 6 atom stereocenters. The van der Waals surface area contributed by atoms with Crippen LogP contribution in [0.3, 0.4) is 0 Å². The smallest absolute Gasteiger partial charge is 0.160 e. The van der Waals surface area contributed by atoms with E-state index in [9.17, 15) is 25.2 Å². The molecule has 1 fully saturated rings. The average Bonchev–Trinajstić information content (AvgIpc) is 2.82. The Morgan fingerprint density at radius 2 is 1.92 bits per heavy atom. The molecule has 1 aromatic rings. The highest BCUT2D eigenvalue weighted by molar-refractivity contribution is 5.82. The van der Waals surface area contributed by atoms with E-state index in [1.807, 2.05) is 0 Å². The SMILES string of the molecule is C=Cc1c(O)c2c(c(O)c1\C(=C/C=C\C(C)=C\C=O)OC)[C@@H](OC1CC(N)C(O)C(C)O1)C[C@@H](O)C2. The van der Waals surface area contributed by atoms with Crippen molar-refractivity contribution in [3.8, 4) is 11.5 Å². The number of aliphatic hydroxyl groups is 2. The highest BCUT2D eigenvalue weighted by atomic mass is 16.7. The Kier molecular flexibility index (Phi) is 9.10. The molecule has 4 unspecified atom stereocenters. The molecule has 196 valence electrons. The van der Waals surface area contributed by atoms with Crippen molar-refractivity contribution in [2.24, 2.45) is 5.73 Å². The van der Waals surface area contributed by atoms with Crippen molar-refractivity contribution in [3.05, 3.63) is 58.7 Å². The van der Waals surface area contributed by atoms with Crippen LogP contribution in [0, 0.1) is 0 Å². The lowest BCUT2D eigenvalue weighted by molar-refractivity contribution is -0.244. The number of aromatic hydroxyl groups is 2. The molecule has 0 aromatic heterocycles. The number of fused-ring (bicyclic) bond motifs is 1. The third-order valence-corrected chi connectivity index (χ3v) is 6.55. The van der Waals surface area contributed by atoms with Gasteiger partial charge in [-0.05, 0) is 31.6 Å². The van der Waals surface area contributed by atoms with E-state index in [2.05, 4.69) is 6.58 Å². The lowest BCUT2D eigenvalue weighted by Gasteiger charge is -2.39. The first-order valence-corrected chi connectivity index (χ1v) is 11.8. The first kappa shape index (κ1) is 27.6. The van der Waals surface area contributed by atoms with Gasteiger partial charge in [0.25, 0.3) is 0 Å². The maximum absolute atomic E-state index is 11.5. The molecule has 0 bridgehead atoms. The molecule has 9 heteroatoms. The van der Waals surface area contributed by atoms with Crippen LogP contribution in [0.4, 0.5) is 0 Å². The molecular formula is C27H35NO8. The molecule has 36 heavy (non-hydrogen) atoms. The zero-order valence-electron chi connectivity index (χ0n) is 20.8. The number of benzene rings is 1. The van der Waals surface area contributed by atoms with Crippen LogP contribution in [0.2, 0.25) is 0 Å². The summed E-state index contributed by atoms with van der Waals surface area (Å²) >= 11 is 0. The minimum absolute atomic E-state index is 0.109. The average molecular weight is 502 g/mol. The number of phenols is 2. The monoisotopic (exact) mass is 501 g/mol. The summed E-state index contributed by atoms with van der Waals surface area (Å²) in [4.78, 5) is 10.7. The van der Waals surface area contributed by atoms with Crippen LogP contribution >= 0.6 is 0 Å². The summed E-state index contributed by atoms with van der Waals surface area (Å²) in [5.41, 5.74) is 7.86. The number of hydrogen-bond acceptors (Lipinski definition) is 9. The topological polar surface area (TPSA) is 152 Å². The van der Waals surface area contributed by atoms with Gasteiger partial charge in [0.1, 0.15) is 23.5 Å². The van der Waals surface area contributed by atoms with Gasteiger partial charge in [-0.15, -0.1) is 0 Å². The Hall–Kier alpha value is -2.95. The van der Waals surface area contributed by atoms with Crippen LogP contribution in [0.15, 0.2) is 36.5 Å². The van der Waals surface area contributed by atoms with Gasteiger partial charge in [0.05, 0.1) is 37.1 Å². The fourth-order valence-corrected chi connectivity index (χ4v) is 4.68. The van der Waals surface area contributed by atoms with Gasteiger partial charge >= 0.3 is 0 Å². The summed E-state index contributed by atoms with van der Waals surface area (Å²) in [5.74, 6) is -0.0770. The van der Waals surface area contributed by atoms with Crippen LogP contribution in [0.1, 0.15) is 55.0 Å². The van der Waals surface area contributed by atoms with Gasteiger partial charge in [0.2, 0.25) is 0 Å². The van der Waals surface area contributed by atoms with Gasteiger partial charge in [-0.1, -0.05) is 24.8 Å². The van der Waals surface area contributed by atoms with Crippen LogP contribution in [-0.4, -0.2) is 64.5 Å². The Morgan fingerprint density at radius 3 is 2.53 bits per heavy atom. The van der Waals surface area contributed by atoms with Gasteiger partial charge in [0.15, 0.2) is 6.29 Å².